The lowest BCUT2D eigenvalue weighted by Crippen LogP contribution is -2.16. The molecule has 0 spiro atoms. The van der Waals surface area contributed by atoms with Crippen molar-refractivity contribution in [3.05, 3.63) is 99.4 Å². The first-order chi connectivity index (χ1) is 19.0. The molecule has 0 bridgehead atoms. The lowest BCUT2D eigenvalue weighted by atomic mass is 10.0. The highest BCUT2D eigenvalue weighted by molar-refractivity contribution is 7.21. The number of benzene rings is 2. The number of nitrogens with two attached hydrogens (primary N) is 1. The standard InChI is InChI=1S/C28H19ClF3N3O4S/c1-14-11-16(7-9-19(14)29)38-13-17-8-10-20(39-17)26(37)35-23-22-18(15-5-3-2-4-6-15)12-21(28(30,31)32)34-27(22)40-24(23)25(33)36/h2-12H,13H2,1H3,(H2,33,36)(H,35,37). The first kappa shape index (κ1) is 27.2. The number of furan rings is 1. The number of alkyl halides is 3. The summed E-state index contributed by atoms with van der Waals surface area (Å²) in [6, 6.07) is 17.3. The molecule has 2 aromatic carbocycles. The lowest BCUT2D eigenvalue weighted by Gasteiger charge is -2.12. The monoisotopic (exact) mass is 585 g/mol. The van der Waals surface area contributed by atoms with E-state index >= 15 is 0 Å². The maximum Gasteiger partial charge on any atom is 0.433 e. The fourth-order valence-corrected chi connectivity index (χ4v) is 5.12. The van der Waals surface area contributed by atoms with Crippen molar-refractivity contribution in [3.63, 3.8) is 0 Å². The van der Waals surface area contributed by atoms with Crippen LogP contribution in [-0.4, -0.2) is 16.8 Å². The molecule has 0 saturated carbocycles. The first-order valence-corrected chi connectivity index (χ1v) is 12.9. The van der Waals surface area contributed by atoms with Crippen LogP contribution >= 0.6 is 22.9 Å². The molecule has 40 heavy (non-hydrogen) atoms. The number of carbonyl (C=O) groups excluding carboxylic acids is 2. The van der Waals surface area contributed by atoms with Crippen LogP contribution in [-0.2, 0) is 12.8 Å². The fraction of sp³-hybridized carbons (Fsp3) is 0.107. The van der Waals surface area contributed by atoms with Crippen LogP contribution in [0.5, 0.6) is 5.75 Å². The topological polar surface area (TPSA) is 107 Å². The average molecular weight is 586 g/mol. The highest BCUT2D eigenvalue weighted by Gasteiger charge is 2.35. The number of halogens is 4. The second-order valence-corrected chi connectivity index (χ2v) is 10.1. The molecule has 0 radical (unpaired) electrons. The molecule has 5 rings (SSSR count). The predicted molar refractivity (Wildman–Crippen MR) is 146 cm³/mol. The molecular weight excluding hydrogens is 567 g/mol. The summed E-state index contributed by atoms with van der Waals surface area (Å²) in [4.78, 5) is 28.9. The van der Waals surface area contributed by atoms with Gasteiger partial charge in [-0.15, -0.1) is 11.3 Å². The molecule has 0 atom stereocenters. The van der Waals surface area contributed by atoms with Gasteiger partial charge in [0.25, 0.3) is 11.8 Å². The number of aryl methyl sites for hydroxylation is 1. The van der Waals surface area contributed by atoms with Crippen molar-refractivity contribution in [2.24, 2.45) is 5.73 Å². The van der Waals surface area contributed by atoms with E-state index in [2.05, 4.69) is 10.3 Å². The first-order valence-electron chi connectivity index (χ1n) is 11.7. The summed E-state index contributed by atoms with van der Waals surface area (Å²) in [5, 5.41) is 3.35. The number of pyridine rings is 1. The van der Waals surface area contributed by atoms with Gasteiger partial charge < -0.3 is 20.2 Å². The summed E-state index contributed by atoms with van der Waals surface area (Å²) in [5.74, 6) is -0.891. The minimum absolute atomic E-state index is 0.0184. The molecule has 3 heterocycles. The van der Waals surface area contributed by atoms with Gasteiger partial charge in [0.1, 0.15) is 33.5 Å². The van der Waals surface area contributed by atoms with Crippen molar-refractivity contribution >= 4 is 50.7 Å². The molecule has 0 fully saturated rings. The fourth-order valence-electron chi connectivity index (χ4n) is 4.00. The minimum Gasteiger partial charge on any atom is -0.486 e. The Morgan fingerprint density at radius 3 is 2.52 bits per heavy atom. The van der Waals surface area contributed by atoms with Gasteiger partial charge >= 0.3 is 6.18 Å². The van der Waals surface area contributed by atoms with Gasteiger partial charge in [-0.05, 0) is 60.0 Å². The van der Waals surface area contributed by atoms with Crippen LogP contribution in [0, 0.1) is 6.92 Å². The van der Waals surface area contributed by atoms with Crippen LogP contribution in [0.3, 0.4) is 0 Å². The normalized spacial score (nSPS) is 11.5. The summed E-state index contributed by atoms with van der Waals surface area (Å²) in [5.41, 5.74) is 5.75. The molecule has 5 aromatic rings. The van der Waals surface area contributed by atoms with Crippen molar-refractivity contribution < 1.29 is 31.9 Å². The van der Waals surface area contributed by atoms with E-state index in [1.165, 1.54) is 6.07 Å². The van der Waals surface area contributed by atoms with E-state index in [4.69, 9.17) is 26.5 Å². The van der Waals surface area contributed by atoms with Crippen molar-refractivity contribution in [3.8, 4) is 16.9 Å². The molecule has 204 valence electrons. The molecule has 0 saturated heterocycles. The number of rotatable bonds is 7. The van der Waals surface area contributed by atoms with Gasteiger partial charge in [-0.2, -0.15) is 13.2 Å². The van der Waals surface area contributed by atoms with Gasteiger partial charge in [0, 0.05) is 10.4 Å². The third-order valence-corrected chi connectivity index (χ3v) is 7.42. The third-order valence-electron chi connectivity index (χ3n) is 5.90. The second kappa shape index (κ2) is 10.7. The number of nitrogens with zero attached hydrogens (tertiary/aromatic N) is 1. The number of amides is 2. The van der Waals surface area contributed by atoms with Crippen molar-refractivity contribution in [1.82, 2.24) is 4.98 Å². The third kappa shape index (κ3) is 5.51. The summed E-state index contributed by atoms with van der Waals surface area (Å²) < 4.78 is 52.3. The average Bonchev–Trinajstić information content (AvgIpc) is 3.54. The Balaban J connectivity index is 1.49. The van der Waals surface area contributed by atoms with Gasteiger partial charge in [-0.25, -0.2) is 4.98 Å². The number of anilines is 1. The molecule has 0 aliphatic carbocycles. The molecule has 0 unspecified atom stereocenters. The summed E-state index contributed by atoms with van der Waals surface area (Å²) in [7, 11) is 0. The number of hydrogen-bond acceptors (Lipinski definition) is 6. The van der Waals surface area contributed by atoms with E-state index in [9.17, 15) is 22.8 Å². The quantitative estimate of drug-likeness (QED) is 0.206. The number of primary amides is 1. The van der Waals surface area contributed by atoms with E-state index in [1.807, 2.05) is 6.92 Å². The number of aromatic nitrogens is 1. The van der Waals surface area contributed by atoms with E-state index < -0.39 is 23.7 Å². The van der Waals surface area contributed by atoms with E-state index in [1.54, 1.807) is 54.6 Å². The molecular formula is C28H19ClF3N3O4S. The van der Waals surface area contributed by atoms with Crippen LogP contribution in [0.15, 0.2) is 71.1 Å². The number of nitrogens with one attached hydrogen (secondary N) is 1. The highest BCUT2D eigenvalue weighted by Crippen LogP contribution is 2.43. The Kier molecular flexibility index (Phi) is 7.26. The smallest absolute Gasteiger partial charge is 0.433 e. The minimum atomic E-state index is -4.74. The van der Waals surface area contributed by atoms with Gasteiger partial charge in [-0.1, -0.05) is 41.9 Å². The number of hydrogen-bond donors (Lipinski definition) is 2. The Hall–Kier alpha value is -4.35. The van der Waals surface area contributed by atoms with Gasteiger partial charge in [0.2, 0.25) is 0 Å². The maximum absolute atomic E-state index is 13.7. The zero-order chi connectivity index (χ0) is 28.6. The molecule has 2 amide bonds. The summed E-state index contributed by atoms with van der Waals surface area (Å²) >= 11 is 6.69. The molecule has 7 nitrogen and oxygen atoms in total. The zero-order valence-corrected chi connectivity index (χ0v) is 22.2. The number of carbonyl (C=O) groups is 2. The Bertz CT molecular complexity index is 1750. The van der Waals surface area contributed by atoms with Crippen LogP contribution in [0.25, 0.3) is 21.3 Å². The largest absolute Gasteiger partial charge is 0.486 e. The Morgan fingerprint density at radius 1 is 1.10 bits per heavy atom. The van der Waals surface area contributed by atoms with E-state index in [-0.39, 0.29) is 38.7 Å². The summed E-state index contributed by atoms with van der Waals surface area (Å²) in [6.07, 6.45) is -4.74. The van der Waals surface area contributed by atoms with Crippen LogP contribution < -0.4 is 15.8 Å². The Morgan fingerprint density at radius 2 is 1.85 bits per heavy atom. The second-order valence-electron chi connectivity index (χ2n) is 8.69. The van der Waals surface area contributed by atoms with E-state index in [0.29, 0.717) is 33.4 Å². The van der Waals surface area contributed by atoms with Crippen LogP contribution in [0.1, 0.15) is 37.2 Å². The van der Waals surface area contributed by atoms with Crippen molar-refractivity contribution in [2.45, 2.75) is 19.7 Å². The SMILES string of the molecule is Cc1cc(OCc2ccc(C(=O)Nc3c(C(N)=O)sc4nc(C(F)(F)F)cc(-c5ccccc5)c34)o2)ccc1Cl. The van der Waals surface area contributed by atoms with Gasteiger partial charge in [0.15, 0.2) is 5.76 Å². The van der Waals surface area contributed by atoms with Crippen LogP contribution in [0.4, 0.5) is 18.9 Å². The zero-order valence-electron chi connectivity index (χ0n) is 20.6. The molecule has 0 aliphatic rings. The number of fused-ring (bicyclic) bond motifs is 1. The molecule has 0 aliphatic heterocycles. The van der Waals surface area contributed by atoms with Gasteiger partial charge in [-0.3, -0.25) is 9.59 Å². The Labute approximate surface area is 234 Å². The number of thiophene rings is 1. The number of ether oxygens (including phenoxy) is 1. The van der Waals surface area contributed by atoms with Gasteiger partial charge in [0.05, 0.1) is 5.69 Å². The van der Waals surface area contributed by atoms with Crippen molar-refractivity contribution in [2.75, 3.05) is 5.32 Å². The van der Waals surface area contributed by atoms with Crippen molar-refractivity contribution in [1.29, 1.82) is 0 Å². The maximum atomic E-state index is 13.7. The molecule has 12 heteroatoms. The van der Waals surface area contributed by atoms with Crippen LogP contribution in [0.2, 0.25) is 5.02 Å². The molecule has 3 N–H and O–H groups in total. The lowest BCUT2D eigenvalue weighted by molar-refractivity contribution is -0.140. The summed E-state index contributed by atoms with van der Waals surface area (Å²) in [6.45, 7) is 1.85. The predicted octanol–water partition coefficient (Wildman–Crippen LogP) is 7.47. The highest BCUT2D eigenvalue weighted by atomic mass is 35.5. The molecule has 3 aromatic heterocycles. The van der Waals surface area contributed by atoms with E-state index in [0.717, 1.165) is 11.6 Å².